The van der Waals surface area contributed by atoms with Crippen molar-refractivity contribution in [3.63, 3.8) is 0 Å². The van der Waals surface area contributed by atoms with Gasteiger partial charge < -0.3 is 4.18 Å². The zero-order valence-electron chi connectivity index (χ0n) is 17.4. The second-order valence-electron chi connectivity index (χ2n) is 7.32. The van der Waals surface area contributed by atoms with Crippen LogP contribution in [0.3, 0.4) is 0 Å². The van der Waals surface area contributed by atoms with Crippen LogP contribution in [-0.2, 0) is 29.5 Å². The van der Waals surface area contributed by atoms with E-state index in [0.29, 0.717) is 18.5 Å². The normalized spacial score (nSPS) is 13.1. The zero-order chi connectivity index (χ0) is 21.8. The first kappa shape index (κ1) is 20.7. The van der Waals surface area contributed by atoms with Crippen LogP contribution in [0.5, 0.6) is 5.88 Å². The molecule has 0 radical (unpaired) electrons. The minimum atomic E-state index is -3.82. The summed E-state index contributed by atoms with van der Waals surface area (Å²) >= 11 is 1.77. The lowest BCUT2D eigenvalue weighted by Crippen LogP contribution is -2.11. The number of fused-ring (bicyclic) bond motifs is 3. The third-order valence-corrected chi connectivity index (χ3v) is 6.81. The van der Waals surface area contributed by atoms with Gasteiger partial charge in [0.2, 0.25) is 5.88 Å². The van der Waals surface area contributed by atoms with Crippen LogP contribution in [0, 0.1) is 13.8 Å². The Morgan fingerprint density at radius 1 is 1.27 bits per heavy atom. The first-order valence-electron chi connectivity index (χ1n) is 9.40. The van der Waals surface area contributed by atoms with Gasteiger partial charge in [0.25, 0.3) is 0 Å². The number of rotatable bonds is 5. The van der Waals surface area contributed by atoms with Crippen LogP contribution in [0.2, 0.25) is 0 Å². The van der Waals surface area contributed by atoms with Crippen molar-refractivity contribution in [1.29, 1.82) is 0 Å². The van der Waals surface area contributed by atoms with Crippen molar-refractivity contribution in [2.45, 2.75) is 38.0 Å². The molecule has 0 saturated carbocycles. The Labute approximate surface area is 179 Å². The van der Waals surface area contributed by atoms with E-state index in [4.69, 9.17) is 4.18 Å². The molecule has 0 N–H and O–H groups in total. The van der Waals surface area contributed by atoms with Crippen molar-refractivity contribution in [1.82, 2.24) is 19.6 Å². The third-order valence-electron chi connectivity index (χ3n) is 5.08. The minimum absolute atomic E-state index is 0.0623. The van der Waals surface area contributed by atoms with E-state index in [-0.39, 0.29) is 11.4 Å². The van der Waals surface area contributed by atoms with Gasteiger partial charge in [0, 0.05) is 47.1 Å². The Hall–Kier alpha value is -2.59. The summed E-state index contributed by atoms with van der Waals surface area (Å²) in [4.78, 5) is 13.1. The van der Waals surface area contributed by atoms with Crippen LogP contribution in [0.4, 0.5) is 0 Å². The van der Waals surface area contributed by atoms with Gasteiger partial charge in [0.1, 0.15) is 11.3 Å². The Bertz CT molecular complexity index is 1290. The zero-order valence-corrected chi connectivity index (χ0v) is 19.0. The number of aldehydes is 1. The van der Waals surface area contributed by atoms with E-state index in [1.54, 1.807) is 11.8 Å². The van der Waals surface area contributed by atoms with Crippen LogP contribution in [0.15, 0.2) is 17.2 Å². The van der Waals surface area contributed by atoms with Crippen molar-refractivity contribution in [2.75, 3.05) is 6.26 Å². The maximum Gasteiger partial charge on any atom is 0.307 e. The summed E-state index contributed by atoms with van der Waals surface area (Å²) in [5.74, 6) is 0.791. The SMILES string of the molecule is CCn1nc(-c2cc(C)c3c(c2C)-c2nn(C)cc2CS3)c(C=O)c1OS(C)(=O)=O. The molecule has 0 aliphatic carbocycles. The van der Waals surface area contributed by atoms with Crippen molar-refractivity contribution < 1.29 is 17.4 Å². The number of aryl methyl sites for hydroxylation is 3. The van der Waals surface area contributed by atoms with Crippen LogP contribution in [0.1, 0.15) is 34.0 Å². The molecule has 1 aliphatic heterocycles. The average molecular weight is 447 g/mol. The number of carbonyl (C=O) groups is 1. The maximum atomic E-state index is 12.0. The largest absolute Gasteiger partial charge is 0.361 e. The fourth-order valence-electron chi connectivity index (χ4n) is 3.82. The summed E-state index contributed by atoms with van der Waals surface area (Å²) in [7, 11) is -1.92. The molecule has 0 unspecified atom stereocenters. The molecular weight excluding hydrogens is 424 g/mol. The number of benzene rings is 1. The molecule has 30 heavy (non-hydrogen) atoms. The summed E-state index contributed by atoms with van der Waals surface area (Å²) in [6.07, 6.45) is 3.57. The lowest BCUT2D eigenvalue weighted by atomic mass is 9.92. The minimum Gasteiger partial charge on any atom is -0.361 e. The summed E-state index contributed by atoms with van der Waals surface area (Å²) in [6, 6.07) is 1.99. The summed E-state index contributed by atoms with van der Waals surface area (Å²) in [5.41, 5.74) is 6.41. The summed E-state index contributed by atoms with van der Waals surface area (Å²) < 4.78 is 31.8. The smallest absolute Gasteiger partial charge is 0.307 e. The van der Waals surface area contributed by atoms with Crippen molar-refractivity contribution in [3.05, 3.63) is 34.5 Å². The van der Waals surface area contributed by atoms with Gasteiger partial charge in [0.15, 0.2) is 6.29 Å². The molecule has 4 rings (SSSR count). The van der Waals surface area contributed by atoms with Crippen LogP contribution in [-0.4, -0.2) is 40.5 Å². The van der Waals surface area contributed by atoms with Crippen molar-refractivity contribution in [3.8, 4) is 28.4 Å². The summed E-state index contributed by atoms with van der Waals surface area (Å²) in [6.45, 7) is 6.17. The molecule has 3 heterocycles. The quantitative estimate of drug-likeness (QED) is 0.438. The van der Waals surface area contributed by atoms with Crippen LogP contribution in [0.25, 0.3) is 22.5 Å². The number of thioether (sulfide) groups is 1. The number of nitrogens with zero attached hydrogens (tertiary/aromatic N) is 4. The predicted molar refractivity (Wildman–Crippen MR) is 115 cm³/mol. The van der Waals surface area contributed by atoms with Crippen LogP contribution >= 0.6 is 11.8 Å². The topological polar surface area (TPSA) is 96.1 Å². The number of aromatic nitrogens is 4. The Kier molecular flexibility index (Phi) is 5.01. The van der Waals surface area contributed by atoms with Gasteiger partial charge in [-0.15, -0.1) is 11.8 Å². The lowest BCUT2D eigenvalue weighted by Gasteiger charge is -2.21. The molecule has 1 aliphatic rings. The molecule has 3 aromatic rings. The molecule has 158 valence electrons. The highest BCUT2D eigenvalue weighted by Gasteiger charge is 2.29. The monoisotopic (exact) mass is 446 g/mol. The first-order valence-corrected chi connectivity index (χ1v) is 12.2. The Morgan fingerprint density at radius 2 is 2.00 bits per heavy atom. The van der Waals surface area contributed by atoms with Gasteiger partial charge in [-0.2, -0.15) is 18.6 Å². The number of carbonyl (C=O) groups excluding carboxylic acids is 1. The van der Waals surface area contributed by atoms with E-state index in [1.807, 2.05) is 44.8 Å². The van der Waals surface area contributed by atoms with Crippen LogP contribution < -0.4 is 4.18 Å². The highest BCUT2D eigenvalue weighted by molar-refractivity contribution is 7.98. The van der Waals surface area contributed by atoms with Gasteiger partial charge in [0.05, 0.1) is 11.9 Å². The van der Waals surface area contributed by atoms with Crippen molar-refractivity contribution in [2.24, 2.45) is 7.05 Å². The molecular formula is C20H22N4O4S2. The Balaban J connectivity index is 2.00. The van der Waals surface area contributed by atoms with E-state index in [2.05, 4.69) is 10.2 Å². The molecule has 0 spiro atoms. The highest BCUT2D eigenvalue weighted by Crippen LogP contribution is 2.47. The fraction of sp³-hybridized carbons (Fsp3) is 0.350. The van der Waals surface area contributed by atoms with Gasteiger partial charge in [-0.05, 0) is 38.0 Å². The standard InChI is InChI=1S/C20H22N4O4S2/c1-6-24-20(28-30(5,26)27)15(9-25)18(22-24)14-7-11(2)19-16(12(14)3)17-13(10-29-19)8-23(4)21-17/h7-9H,6,10H2,1-5H3. The van der Waals surface area contributed by atoms with E-state index >= 15 is 0 Å². The fourth-order valence-corrected chi connectivity index (χ4v) is 5.48. The van der Waals surface area contributed by atoms with E-state index in [9.17, 15) is 13.2 Å². The molecule has 0 atom stereocenters. The molecule has 0 saturated heterocycles. The second-order valence-corrected chi connectivity index (χ2v) is 9.88. The van der Waals surface area contributed by atoms with Crippen molar-refractivity contribution >= 4 is 28.2 Å². The van der Waals surface area contributed by atoms with E-state index in [1.165, 1.54) is 4.68 Å². The van der Waals surface area contributed by atoms with Gasteiger partial charge in [-0.3, -0.25) is 9.48 Å². The maximum absolute atomic E-state index is 12.0. The van der Waals surface area contributed by atoms with Gasteiger partial charge >= 0.3 is 10.1 Å². The predicted octanol–water partition coefficient (Wildman–Crippen LogP) is 3.34. The van der Waals surface area contributed by atoms with E-state index < -0.39 is 10.1 Å². The molecule has 8 nitrogen and oxygen atoms in total. The summed E-state index contributed by atoms with van der Waals surface area (Å²) in [5, 5.41) is 9.19. The molecule has 0 amide bonds. The number of hydrogen-bond donors (Lipinski definition) is 0. The molecule has 1 aromatic carbocycles. The lowest BCUT2D eigenvalue weighted by molar-refractivity contribution is 0.112. The van der Waals surface area contributed by atoms with Gasteiger partial charge in [-0.25, -0.2) is 4.68 Å². The molecule has 0 bridgehead atoms. The number of hydrogen-bond acceptors (Lipinski definition) is 7. The second kappa shape index (κ2) is 7.28. The van der Waals surface area contributed by atoms with Gasteiger partial charge in [-0.1, -0.05) is 0 Å². The molecule has 2 aromatic heterocycles. The first-order chi connectivity index (χ1) is 14.1. The molecule has 10 heteroatoms. The highest BCUT2D eigenvalue weighted by atomic mass is 32.2. The third kappa shape index (κ3) is 3.33. The average Bonchev–Trinajstić information content (AvgIpc) is 3.21. The molecule has 0 fully saturated rings. The Morgan fingerprint density at radius 3 is 2.63 bits per heavy atom. The van der Waals surface area contributed by atoms with E-state index in [0.717, 1.165) is 50.4 Å².